The van der Waals surface area contributed by atoms with Gasteiger partial charge in [-0.25, -0.2) is 0 Å². The molecular formula is C47H53N5O5. The number of benzene rings is 5. The second-order valence-corrected chi connectivity index (χ2v) is 15.0. The SMILES string of the molecule is Nc1ccccc1NC(=O)CCCC(=O)NCc1cccc(-c2cccc([C@@H]3O[C@H](CN4CCN(Cc5ccccc5)CC4)C[C@H](c4ccc(CO)cc4)O3)c2)c1. The van der Waals surface area contributed by atoms with Gasteiger partial charge in [-0.2, -0.15) is 0 Å². The largest absolute Gasteiger partial charge is 0.397 e. The van der Waals surface area contributed by atoms with E-state index >= 15 is 0 Å². The lowest BCUT2D eigenvalue weighted by Crippen LogP contribution is -2.49. The molecule has 7 rings (SSSR count). The van der Waals surface area contributed by atoms with Crippen molar-refractivity contribution in [2.45, 2.75) is 63.9 Å². The summed E-state index contributed by atoms with van der Waals surface area (Å²) in [6.45, 7) is 6.19. The number of para-hydroxylation sites is 2. The predicted molar refractivity (Wildman–Crippen MR) is 224 cm³/mol. The molecular weight excluding hydrogens is 715 g/mol. The Kier molecular flexibility index (Phi) is 13.8. The van der Waals surface area contributed by atoms with Gasteiger partial charge in [-0.3, -0.25) is 19.4 Å². The molecule has 2 fully saturated rings. The Balaban J connectivity index is 0.961. The molecule has 5 N–H and O–H groups in total. The zero-order valence-corrected chi connectivity index (χ0v) is 32.4. The topological polar surface area (TPSA) is 129 Å². The number of ether oxygens (including phenoxy) is 2. The summed E-state index contributed by atoms with van der Waals surface area (Å²) in [7, 11) is 0. The van der Waals surface area contributed by atoms with E-state index in [1.807, 2.05) is 42.5 Å². The molecule has 3 atom stereocenters. The third-order valence-electron chi connectivity index (χ3n) is 10.7. The first-order valence-corrected chi connectivity index (χ1v) is 20.0. The van der Waals surface area contributed by atoms with Gasteiger partial charge < -0.3 is 30.9 Å². The Morgan fingerprint density at radius 3 is 2.14 bits per heavy atom. The highest BCUT2D eigenvalue weighted by atomic mass is 16.7. The lowest BCUT2D eigenvalue weighted by molar-refractivity contribution is -0.253. The average molecular weight is 768 g/mol. The number of carbonyl (C=O) groups is 2. The molecule has 2 amide bonds. The van der Waals surface area contributed by atoms with Gasteiger partial charge in [0, 0.05) is 70.6 Å². The van der Waals surface area contributed by atoms with E-state index in [-0.39, 0.29) is 43.5 Å². The monoisotopic (exact) mass is 767 g/mol. The summed E-state index contributed by atoms with van der Waals surface area (Å²) in [4.78, 5) is 30.1. The van der Waals surface area contributed by atoms with Crippen LogP contribution in [0.3, 0.4) is 0 Å². The highest BCUT2D eigenvalue weighted by Gasteiger charge is 2.34. The van der Waals surface area contributed by atoms with Gasteiger partial charge in [-0.15, -0.1) is 0 Å². The van der Waals surface area contributed by atoms with Crippen molar-refractivity contribution in [3.8, 4) is 11.1 Å². The fourth-order valence-corrected chi connectivity index (χ4v) is 7.54. The molecule has 2 aliphatic heterocycles. The number of nitrogens with zero attached hydrogens (tertiary/aromatic N) is 2. The Morgan fingerprint density at radius 2 is 1.37 bits per heavy atom. The van der Waals surface area contributed by atoms with Gasteiger partial charge in [0.25, 0.3) is 0 Å². The van der Waals surface area contributed by atoms with Crippen molar-refractivity contribution in [1.29, 1.82) is 0 Å². The number of nitrogens with two attached hydrogens (primary N) is 1. The van der Waals surface area contributed by atoms with E-state index in [4.69, 9.17) is 15.2 Å². The van der Waals surface area contributed by atoms with E-state index < -0.39 is 6.29 Å². The smallest absolute Gasteiger partial charge is 0.224 e. The molecule has 0 unspecified atom stereocenters. The molecule has 0 radical (unpaired) electrons. The van der Waals surface area contributed by atoms with Crippen molar-refractivity contribution in [2.24, 2.45) is 0 Å². The average Bonchev–Trinajstić information content (AvgIpc) is 3.25. The highest BCUT2D eigenvalue weighted by molar-refractivity contribution is 5.94. The number of piperazine rings is 1. The summed E-state index contributed by atoms with van der Waals surface area (Å²) >= 11 is 0. The number of rotatable bonds is 15. The second kappa shape index (κ2) is 19.7. The van der Waals surface area contributed by atoms with Crippen LogP contribution in [0.2, 0.25) is 0 Å². The van der Waals surface area contributed by atoms with Gasteiger partial charge in [0.15, 0.2) is 6.29 Å². The van der Waals surface area contributed by atoms with Crippen molar-refractivity contribution in [1.82, 2.24) is 15.1 Å². The third-order valence-corrected chi connectivity index (χ3v) is 10.7. The van der Waals surface area contributed by atoms with Crippen LogP contribution in [-0.4, -0.2) is 65.5 Å². The lowest BCUT2D eigenvalue weighted by atomic mass is 9.98. The first-order chi connectivity index (χ1) is 27.9. The highest BCUT2D eigenvalue weighted by Crippen LogP contribution is 2.39. The molecule has 57 heavy (non-hydrogen) atoms. The number of hydrogen-bond acceptors (Lipinski definition) is 8. The minimum Gasteiger partial charge on any atom is -0.397 e. The number of amides is 2. The van der Waals surface area contributed by atoms with E-state index in [2.05, 4.69) is 93.2 Å². The number of carbonyl (C=O) groups excluding carboxylic acids is 2. The molecule has 5 aromatic rings. The molecule has 10 nitrogen and oxygen atoms in total. The minimum absolute atomic E-state index is 0.00296. The maximum absolute atomic E-state index is 12.7. The Bertz CT molecular complexity index is 2070. The maximum Gasteiger partial charge on any atom is 0.224 e. The van der Waals surface area contributed by atoms with Crippen molar-refractivity contribution >= 4 is 23.2 Å². The summed E-state index contributed by atoms with van der Waals surface area (Å²) in [5, 5.41) is 15.5. The van der Waals surface area contributed by atoms with Gasteiger partial charge in [0.1, 0.15) is 0 Å². The molecule has 2 saturated heterocycles. The summed E-state index contributed by atoms with van der Waals surface area (Å²) < 4.78 is 13.5. The van der Waals surface area contributed by atoms with Crippen LogP contribution in [0, 0.1) is 0 Å². The molecule has 10 heteroatoms. The summed E-state index contributed by atoms with van der Waals surface area (Å²) in [5.41, 5.74) is 14.3. The number of aliphatic hydroxyl groups is 1. The summed E-state index contributed by atoms with van der Waals surface area (Å²) in [6, 6.07) is 42.3. The Morgan fingerprint density at radius 1 is 0.684 bits per heavy atom. The maximum atomic E-state index is 12.7. The van der Waals surface area contributed by atoms with Crippen LogP contribution in [0.1, 0.15) is 65.9 Å². The van der Waals surface area contributed by atoms with Crippen LogP contribution >= 0.6 is 0 Å². The van der Waals surface area contributed by atoms with Crippen LogP contribution in [-0.2, 0) is 38.8 Å². The molecule has 0 spiro atoms. The van der Waals surface area contributed by atoms with Gasteiger partial charge in [0.05, 0.1) is 30.2 Å². The number of nitrogens with one attached hydrogen (secondary N) is 2. The normalized spacial score (nSPS) is 18.9. The molecule has 2 aliphatic rings. The van der Waals surface area contributed by atoms with Gasteiger partial charge in [0.2, 0.25) is 11.8 Å². The predicted octanol–water partition coefficient (Wildman–Crippen LogP) is 7.22. The Hall–Kier alpha value is -5.36. The lowest BCUT2D eigenvalue weighted by Gasteiger charge is -2.41. The van der Waals surface area contributed by atoms with Crippen LogP contribution in [0.5, 0.6) is 0 Å². The fourth-order valence-electron chi connectivity index (χ4n) is 7.54. The number of nitrogen functional groups attached to an aromatic ring is 1. The van der Waals surface area contributed by atoms with Crippen LogP contribution in [0.25, 0.3) is 11.1 Å². The van der Waals surface area contributed by atoms with Crippen LogP contribution in [0.15, 0.2) is 127 Å². The van der Waals surface area contributed by atoms with E-state index in [0.29, 0.717) is 24.3 Å². The molecule has 0 aliphatic carbocycles. The molecule has 0 saturated carbocycles. The van der Waals surface area contributed by atoms with Gasteiger partial charge >= 0.3 is 0 Å². The molecule has 0 aromatic heterocycles. The second-order valence-electron chi connectivity index (χ2n) is 15.0. The van der Waals surface area contributed by atoms with Crippen molar-refractivity contribution in [3.63, 3.8) is 0 Å². The number of hydrogen-bond donors (Lipinski definition) is 4. The van der Waals surface area contributed by atoms with E-state index in [1.54, 1.807) is 12.1 Å². The molecule has 296 valence electrons. The van der Waals surface area contributed by atoms with E-state index in [9.17, 15) is 14.7 Å². The standard InChI is InChI=1S/C47H53N5O5/c48-42-15-4-5-16-43(42)50-46(55)18-8-17-45(54)49-30-36-11-6-12-38(27-36)39-13-7-14-40(28-39)47-56-41(29-44(57-47)37-21-19-35(33-53)20-22-37)32-52-25-23-51(24-26-52)31-34-9-2-1-3-10-34/h1-7,9-16,19-22,27-28,41,44,47,53H,8,17-18,23-26,29-33,48H2,(H,49,54)(H,50,55)/t41-,44+,47+/m0/s1. The molecule has 0 bridgehead atoms. The quantitative estimate of drug-likeness (QED) is 0.0823. The van der Waals surface area contributed by atoms with Crippen molar-refractivity contribution in [2.75, 3.05) is 43.8 Å². The number of aliphatic hydroxyl groups excluding tert-OH is 1. The fraction of sp³-hybridized carbons (Fsp3) is 0.319. The van der Waals surface area contributed by atoms with E-state index in [0.717, 1.165) is 79.1 Å². The first kappa shape index (κ1) is 39.9. The third kappa shape index (κ3) is 11.4. The van der Waals surface area contributed by atoms with Crippen LogP contribution < -0.4 is 16.4 Å². The first-order valence-electron chi connectivity index (χ1n) is 20.0. The molecule has 5 aromatic carbocycles. The summed E-state index contributed by atoms with van der Waals surface area (Å²) in [5.74, 6) is -0.277. The van der Waals surface area contributed by atoms with Crippen molar-refractivity contribution < 1.29 is 24.2 Å². The van der Waals surface area contributed by atoms with Gasteiger partial charge in [-0.1, -0.05) is 103 Å². The van der Waals surface area contributed by atoms with Crippen molar-refractivity contribution in [3.05, 3.63) is 155 Å². The molecule has 2 heterocycles. The Labute approximate surface area is 335 Å². The minimum atomic E-state index is -0.555. The number of anilines is 2. The van der Waals surface area contributed by atoms with Gasteiger partial charge in [-0.05, 0) is 64.1 Å². The van der Waals surface area contributed by atoms with Crippen LogP contribution in [0.4, 0.5) is 11.4 Å². The van der Waals surface area contributed by atoms with E-state index in [1.165, 1.54) is 5.56 Å². The summed E-state index contributed by atoms with van der Waals surface area (Å²) in [6.07, 6.45) is 0.907. The zero-order chi connectivity index (χ0) is 39.4. The zero-order valence-electron chi connectivity index (χ0n) is 32.4.